The van der Waals surface area contributed by atoms with Crippen LogP contribution in [0, 0.1) is 18.6 Å². The number of nitrogens with one attached hydrogen (secondary N) is 1. The minimum Gasteiger partial charge on any atom is -0.376 e. The van der Waals surface area contributed by atoms with Gasteiger partial charge in [0, 0.05) is 6.54 Å². The number of benzene rings is 2. The Balaban J connectivity index is 1.82. The van der Waals surface area contributed by atoms with Gasteiger partial charge in [0.1, 0.15) is 11.5 Å². The molecule has 0 aromatic heterocycles. The molecule has 0 radical (unpaired) electrons. The first-order valence-corrected chi connectivity index (χ1v) is 6.93. The van der Waals surface area contributed by atoms with Crippen LogP contribution in [0.4, 0.5) is 14.5 Å². The third-order valence-corrected chi connectivity index (χ3v) is 3.81. The second kappa shape index (κ2) is 5.23. The molecule has 0 atom stereocenters. The third kappa shape index (κ3) is 2.53. The molecule has 104 valence electrons. The molecule has 3 rings (SSSR count). The first-order valence-electron chi connectivity index (χ1n) is 6.93. The third-order valence-electron chi connectivity index (χ3n) is 3.81. The number of hydrogen-bond acceptors (Lipinski definition) is 1. The van der Waals surface area contributed by atoms with Crippen LogP contribution in [-0.2, 0) is 6.54 Å². The summed E-state index contributed by atoms with van der Waals surface area (Å²) in [5.74, 6) is -0.425. The fraction of sp³-hybridized carbons (Fsp3) is 0.294. The van der Waals surface area contributed by atoms with E-state index in [1.54, 1.807) is 6.92 Å². The number of aryl methyl sites for hydroxylation is 1. The first kappa shape index (κ1) is 13.1. The molecule has 20 heavy (non-hydrogen) atoms. The highest BCUT2D eigenvalue weighted by molar-refractivity contribution is 5.50. The van der Waals surface area contributed by atoms with Gasteiger partial charge in [-0.2, -0.15) is 0 Å². The zero-order valence-corrected chi connectivity index (χ0v) is 11.4. The zero-order chi connectivity index (χ0) is 14.1. The van der Waals surface area contributed by atoms with E-state index in [1.807, 2.05) is 18.2 Å². The molecule has 1 aliphatic carbocycles. The molecule has 1 nitrogen and oxygen atoms in total. The Kier molecular flexibility index (Phi) is 3.43. The highest BCUT2D eigenvalue weighted by Crippen LogP contribution is 2.41. The Morgan fingerprint density at radius 2 is 1.85 bits per heavy atom. The van der Waals surface area contributed by atoms with Crippen LogP contribution >= 0.6 is 0 Å². The average Bonchev–Trinajstić information content (AvgIpc) is 3.28. The van der Waals surface area contributed by atoms with E-state index in [1.165, 1.54) is 30.5 Å². The van der Waals surface area contributed by atoms with Crippen LogP contribution < -0.4 is 5.32 Å². The van der Waals surface area contributed by atoms with Crippen LogP contribution in [-0.4, -0.2) is 0 Å². The lowest BCUT2D eigenvalue weighted by Gasteiger charge is -2.13. The van der Waals surface area contributed by atoms with Crippen LogP contribution in [0.25, 0.3) is 0 Å². The SMILES string of the molecule is Cc1ccc(F)c(NCc2ccccc2C2CC2)c1F. The predicted molar refractivity (Wildman–Crippen MR) is 76.8 cm³/mol. The van der Waals surface area contributed by atoms with Crippen molar-refractivity contribution in [2.24, 2.45) is 0 Å². The van der Waals surface area contributed by atoms with Gasteiger partial charge in [-0.25, -0.2) is 8.78 Å². The number of hydrogen-bond donors (Lipinski definition) is 1. The quantitative estimate of drug-likeness (QED) is 0.846. The van der Waals surface area contributed by atoms with Crippen molar-refractivity contribution >= 4 is 5.69 Å². The van der Waals surface area contributed by atoms with Crippen molar-refractivity contribution in [3.63, 3.8) is 0 Å². The maximum Gasteiger partial charge on any atom is 0.152 e. The van der Waals surface area contributed by atoms with Crippen molar-refractivity contribution in [2.45, 2.75) is 32.2 Å². The van der Waals surface area contributed by atoms with Crippen LogP contribution in [0.15, 0.2) is 36.4 Å². The van der Waals surface area contributed by atoms with Crippen LogP contribution in [0.3, 0.4) is 0 Å². The molecule has 0 bridgehead atoms. The number of anilines is 1. The van der Waals surface area contributed by atoms with Gasteiger partial charge in [0.05, 0.1) is 0 Å². The topological polar surface area (TPSA) is 12.0 Å². The Morgan fingerprint density at radius 1 is 1.10 bits per heavy atom. The highest BCUT2D eigenvalue weighted by Gasteiger charge is 2.25. The van der Waals surface area contributed by atoms with Crippen LogP contribution in [0.2, 0.25) is 0 Å². The molecule has 0 amide bonds. The maximum atomic E-state index is 13.9. The van der Waals surface area contributed by atoms with E-state index >= 15 is 0 Å². The standard InChI is InChI=1S/C17H17F2N/c1-11-6-9-15(18)17(16(11)19)20-10-13-4-2-3-5-14(13)12-7-8-12/h2-6,9,12,20H,7-8,10H2,1H3. The monoisotopic (exact) mass is 273 g/mol. The Labute approximate surface area is 117 Å². The smallest absolute Gasteiger partial charge is 0.152 e. The summed E-state index contributed by atoms with van der Waals surface area (Å²) in [5, 5.41) is 2.91. The lowest BCUT2D eigenvalue weighted by atomic mass is 10.0. The number of rotatable bonds is 4. The molecule has 2 aromatic rings. The fourth-order valence-corrected chi connectivity index (χ4v) is 2.49. The summed E-state index contributed by atoms with van der Waals surface area (Å²) in [6.45, 7) is 2.09. The fourth-order valence-electron chi connectivity index (χ4n) is 2.49. The Bertz CT molecular complexity index is 633. The minimum atomic E-state index is -0.544. The van der Waals surface area contributed by atoms with Gasteiger partial charge in [-0.15, -0.1) is 0 Å². The first-order chi connectivity index (χ1) is 9.66. The molecule has 0 spiro atoms. The van der Waals surface area contributed by atoms with E-state index in [2.05, 4.69) is 11.4 Å². The van der Waals surface area contributed by atoms with E-state index in [0.29, 0.717) is 18.0 Å². The van der Waals surface area contributed by atoms with Gasteiger partial charge in [-0.05, 0) is 48.4 Å². The normalized spacial score (nSPS) is 14.3. The Morgan fingerprint density at radius 3 is 2.60 bits per heavy atom. The maximum absolute atomic E-state index is 13.9. The van der Waals surface area contributed by atoms with Gasteiger partial charge < -0.3 is 5.32 Å². The molecular formula is C17H17F2N. The lowest BCUT2D eigenvalue weighted by Crippen LogP contribution is -2.06. The van der Waals surface area contributed by atoms with Crippen molar-refractivity contribution in [3.8, 4) is 0 Å². The van der Waals surface area contributed by atoms with E-state index in [0.717, 1.165) is 5.56 Å². The molecule has 2 aromatic carbocycles. The summed E-state index contributed by atoms with van der Waals surface area (Å²) in [6, 6.07) is 10.9. The van der Waals surface area contributed by atoms with Crippen molar-refractivity contribution in [1.82, 2.24) is 0 Å². The predicted octanol–water partition coefficient (Wildman–Crippen LogP) is 4.76. The van der Waals surface area contributed by atoms with Crippen molar-refractivity contribution < 1.29 is 8.78 Å². The van der Waals surface area contributed by atoms with Crippen molar-refractivity contribution in [1.29, 1.82) is 0 Å². The molecule has 1 aliphatic rings. The van der Waals surface area contributed by atoms with E-state index < -0.39 is 11.6 Å². The summed E-state index contributed by atoms with van der Waals surface area (Å²) in [4.78, 5) is 0. The molecule has 0 aliphatic heterocycles. The molecule has 1 saturated carbocycles. The summed E-state index contributed by atoms with van der Waals surface area (Å²) in [7, 11) is 0. The van der Waals surface area contributed by atoms with Gasteiger partial charge >= 0.3 is 0 Å². The number of halogens is 2. The van der Waals surface area contributed by atoms with Gasteiger partial charge in [0.15, 0.2) is 5.82 Å². The van der Waals surface area contributed by atoms with Gasteiger partial charge in [0.25, 0.3) is 0 Å². The van der Waals surface area contributed by atoms with E-state index in [4.69, 9.17) is 0 Å². The van der Waals surface area contributed by atoms with Gasteiger partial charge in [-0.3, -0.25) is 0 Å². The second-order valence-corrected chi connectivity index (χ2v) is 5.38. The minimum absolute atomic E-state index is 0.0319. The van der Waals surface area contributed by atoms with Crippen LogP contribution in [0.5, 0.6) is 0 Å². The summed E-state index contributed by atoms with van der Waals surface area (Å²) in [5.41, 5.74) is 2.84. The highest BCUT2D eigenvalue weighted by atomic mass is 19.1. The average molecular weight is 273 g/mol. The largest absolute Gasteiger partial charge is 0.376 e. The molecule has 3 heteroatoms. The van der Waals surface area contributed by atoms with Crippen LogP contribution in [0.1, 0.15) is 35.4 Å². The van der Waals surface area contributed by atoms with E-state index in [-0.39, 0.29) is 5.69 Å². The van der Waals surface area contributed by atoms with Gasteiger partial charge in [0.2, 0.25) is 0 Å². The zero-order valence-electron chi connectivity index (χ0n) is 11.4. The van der Waals surface area contributed by atoms with Gasteiger partial charge in [-0.1, -0.05) is 30.3 Å². The summed E-state index contributed by atoms with van der Waals surface area (Å²) < 4.78 is 27.6. The Hall–Kier alpha value is -1.90. The molecule has 1 fully saturated rings. The van der Waals surface area contributed by atoms with Crippen molar-refractivity contribution in [2.75, 3.05) is 5.32 Å². The molecule has 0 heterocycles. The molecular weight excluding hydrogens is 256 g/mol. The van der Waals surface area contributed by atoms with E-state index in [9.17, 15) is 8.78 Å². The summed E-state index contributed by atoms with van der Waals surface area (Å²) in [6.07, 6.45) is 2.42. The molecule has 0 unspecified atom stereocenters. The molecule has 0 saturated heterocycles. The lowest BCUT2D eigenvalue weighted by molar-refractivity contribution is 0.582. The summed E-state index contributed by atoms with van der Waals surface area (Å²) >= 11 is 0. The van der Waals surface area contributed by atoms with Crippen molar-refractivity contribution in [3.05, 3.63) is 64.7 Å². The molecule has 1 N–H and O–H groups in total. The second-order valence-electron chi connectivity index (χ2n) is 5.38.